The summed E-state index contributed by atoms with van der Waals surface area (Å²) in [7, 11) is 2.27. The molecule has 0 spiro atoms. The smallest absolute Gasteiger partial charge is 0.132 e. The predicted octanol–water partition coefficient (Wildman–Crippen LogP) is 1.46. The fourth-order valence-corrected chi connectivity index (χ4v) is 3.14. The third-order valence-corrected chi connectivity index (χ3v) is 4.23. The van der Waals surface area contributed by atoms with Gasteiger partial charge in [0.05, 0.1) is 0 Å². The van der Waals surface area contributed by atoms with Gasteiger partial charge >= 0.3 is 0 Å². The fourth-order valence-electron chi connectivity index (χ4n) is 3.14. The molecule has 0 aromatic carbocycles. The predicted molar refractivity (Wildman–Crippen MR) is 68.2 cm³/mol. The fraction of sp³-hybridized carbons (Fsp3) is 0.692. The van der Waals surface area contributed by atoms with E-state index in [0.717, 1.165) is 30.8 Å². The van der Waals surface area contributed by atoms with Crippen LogP contribution in [0.2, 0.25) is 0 Å². The summed E-state index contributed by atoms with van der Waals surface area (Å²) in [6, 6.07) is 3.53. The van der Waals surface area contributed by atoms with Crippen LogP contribution in [-0.2, 0) is 0 Å². The third kappa shape index (κ3) is 2.02. The highest BCUT2D eigenvalue weighted by atomic mass is 15.3. The summed E-state index contributed by atoms with van der Waals surface area (Å²) >= 11 is 0. The van der Waals surface area contributed by atoms with Crippen LogP contribution in [-0.4, -0.2) is 47.1 Å². The molecule has 3 heterocycles. The number of fused-ring (bicyclic) bond motifs is 2. The lowest BCUT2D eigenvalue weighted by Gasteiger charge is -2.26. The van der Waals surface area contributed by atoms with Crippen molar-refractivity contribution in [2.75, 3.05) is 25.0 Å². The Morgan fingerprint density at radius 3 is 2.88 bits per heavy atom. The number of aromatic nitrogens is 2. The number of hydrogen-bond acceptors (Lipinski definition) is 4. The molecule has 2 fully saturated rings. The van der Waals surface area contributed by atoms with Gasteiger partial charge in [-0.25, -0.2) is 9.97 Å². The number of aryl methyl sites for hydroxylation is 1. The van der Waals surface area contributed by atoms with Crippen LogP contribution < -0.4 is 4.90 Å². The van der Waals surface area contributed by atoms with Crippen LogP contribution in [0.4, 0.5) is 5.82 Å². The summed E-state index contributed by atoms with van der Waals surface area (Å²) in [5.41, 5.74) is 0. The standard InChI is InChI=1S/C13H20N4/c1-10-14-7-5-13(15-10)17-8-6-11-3-4-12(9-17)16(11)2/h5,7,11-12H,3-4,6,8-9H2,1-2H3. The monoisotopic (exact) mass is 232 g/mol. The Bertz CT molecular complexity index is 406. The van der Waals surface area contributed by atoms with Crippen molar-refractivity contribution in [2.24, 2.45) is 0 Å². The molecule has 1 aromatic heterocycles. The first-order valence-electron chi connectivity index (χ1n) is 6.50. The second kappa shape index (κ2) is 4.26. The Labute approximate surface area is 103 Å². The lowest BCUT2D eigenvalue weighted by Crippen LogP contribution is -2.37. The van der Waals surface area contributed by atoms with E-state index in [9.17, 15) is 0 Å². The Hall–Kier alpha value is -1.16. The molecule has 4 heteroatoms. The molecule has 0 saturated carbocycles. The molecule has 0 radical (unpaired) electrons. The van der Waals surface area contributed by atoms with Crippen molar-refractivity contribution in [2.45, 2.75) is 38.3 Å². The lowest BCUT2D eigenvalue weighted by atomic mass is 10.1. The van der Waals surface area contributed by atoms with E-state index in [0.29, 0.717) is 6.04 Å². The summed E-state index contributed by atoms with van der Waals surface area (Å²) in [5.74, 6) is 1.96. The second-order valence-electron chi connectivity index (χ2n) is 5.25. The van der Waals surface area contributed by atoms with Crippen LogP contribution in [0.3, 0.4) is 0 Å². The molecule has 17 heavy (non-hydrogen) atoms. The largest absolute Gasteiger partial charge is 0.355 e. The van der Waals surface area contributed by atoms with Crippen LogP contribution in [0.5, 0.6) is 0 Å². The van der Waals surface area contributed by atoms with E-state index in [1.807, 2.05) is 19.2 Å². The SMILES string of the molecule is Cc1nccc(N2CCC3CCC(C2)N3C)n1. The van der Waals surface area contributed by atoms with E-state index < -0.39 is 0 Å². The summed E-state index contributed by atoms with van der Waals surface area (Å²) in [5, 5.41) is 0. The van der Waals surface area contributed by atoms with E-state index in [4.69, 9.17) is 0 Å². The van der Waals surface area contributed by atoms with E-state index in [-0.39, 0.29) is 0 Å². The van der Waals surface area contributed by atoms with Gasteiger partial charge < -0.3 is 4.90 Å². The van der Waals surface area contributed by atoms with E-state index in [1.54, 1.807) is 0 Å². The molecular weight excluding hydrogens is 212 g/mol. The van der Waals surface area contributed by atoms with Crippen LogP contribution in [0, 0.1) is 6.92 Å². The maximum absolute atomic E-state index is 4.54. The molecule has 0 N–H and O–H groups in total. The van der Waals surface area contributed by atoms with E-state index >= 15 is 0 Å². The highest BCUT2D eigenvalue weighted by Gasteiger charge is 2.34. The van der Waals surface area contributed by atoms with Crippen LogP contribution in [0.25, 0.3) is 0 Å². The number of rotatable bonds is 1. The van der Waals surface area contributed by atoms with Gasteiger partial charge in [-0.15, -0.1) is 0 Å². The topological polar surface area (TPSA) is 32.3 Å². The van der Waals surface area contributed by atoms with Gasteiger partial charge in [-0.2, -0.15) is 0 Å². The lowest BCUT2D eigenvalue weighted by molar-refractivity contribution is 0.254. The van der Waals surface area contributed by atoms with Gasteiger partial charge in [-0.3, -0.25) is 4.90 Å². The van der Waals surface area contributed by atoms with E-state index in [1.165, 1.54) is 19.3 Å². The first kappa shape index (κ1) is 11.0. The molecular formula is C13H20N4. The molecule has 1 aromatic rings. The van der Waals surface area contributed by atoms with Gasteiger partial charge in [0.2, 0.25) is 0 Å². The van der Waals surface area contributed by atoms with Crippen molar-refractivity contribution in [3.63, 3.8) is 0 Å². The van der Waals surface area contributed by atoms with Crippen LogP contribution in [0.1, 0.15) is 25.1 Å². The number of hydrogen-bond donors (Lipinski definition) is 0. The van der Waals surface area contributed by atoms with Gasteiger partial charge in [-0.1, -0.05) is 0 Å². The van der Waals surface area contributed by atoms with Crippen LogP contribution in [0.15, 0.2) is 12.3 Å². The molecule has 92 valence electrons. The van der Waals surface area contributed by atoms with Crippen molar-refractivity contribution < 1.29 is 0 Å². The molecule has 4 nitrogen and oxygen atoms in total. The third-order valence-electron chi connectivity index (χ3n) is 4.23. The quantitative estimate of drug-likeness (QED) is 0.734. The van der Waals surface area contributed by atoms with Gasteiger partial charge in [0.25, 0.3) is 0 Å². The average molecular weight is 232 g/mol. The normalized spacial score (nSPS) is 29.4. The Balaban J connectivity index is 1.81. The van der Waals surface area contributed by atoms with Crippen molar-refractivity contribution in [1.29, 1.82) is 0 Å². The maximum Gasteiger partial charge on any atom is 0.132 e. The minimum Gasteiger partial charge on any atom is -0.355 e. The maximum atomic E-state index is 4.54. The summed E-state index contributed by atoms with van der Waals surface area (Å²) < 4.78 is 0. The highest BCUT2D eigenvalue weighted by molar-refractivity contribution is 5.38. The molecule has 2 aliphatic heterocycles. The Morgan fingerprint density at radius 1 is 1.24 bits per heavy atom. The zero-order valence-electron chi connectivity index (χ0n) is 10.6. The van der Waals surface area contributed by atoms with Crippen molar-refractivity contribution in [3.05, 3.63) is 18.1 Å². The van der Waals surface area contributed by atoms with Crippen molar-refractivity contribution in [3.8, 4) is 0 Å². The van der Waals surface area contributed by atoms with Crippen LogP contribution >= 0.6 is 0 Å². The zero-order chi connectivity index (χ0) is 11.8. The first-order valence-corrected chi connectivity index (χ1v) is 6.50. The molecule has 2 unspecified atom stereocenters. The molecule has 2 bridgehead atoms. The minimum absolute atomic E-state index is 0.706. The van der Waals surface area contributed by atoms with Gasteiger partial charge in [0, 0.05) is 31.4 Å². The Morgan fingerprint density at radius 2 is 2.06 bits per heavy atom. The average Bonchev–Trinajstić information content (AvgIpc) is 2.53. The highest BCUT2D eigenvalue weighted by Crippen LogP contribution is 2.29. The zero-order valence-corrected chi connectivity index (χ0v) is 10.6. The first-order chi connectivity index (χ1) is 8.24. The van der Waals surface area contributed by atoms with Crippen molar-refractivity contribution >= 4 is 5.82 Å². The summed E-state index contributed by atoms with van der Waals surface area (Å²) in [6.07, 6.45) is 5.83. The number of nitrogens with zero attached hydrogens (tertiary/aromatic N) is 4. The molecule has 0 aliphatic carbocycles. The minimum atomic E-state index is 0.706. The second-order valence-corrected chi connectivity index (χ2v) is 5.25. The molecule has 0 amide bonds. The van der Waals surface area contributed by atoms with Crippen molar-refractivity contribution in [1.82, 2.24) is 14.9 Å². The molecule has 2 atom stereocenters. The molecule has 2 saturated heterocycles. The van der Waals surface area contributed by atoms with E-state index in [2.05, 4.69) is 26.8 Å². The number of anilines is 1. The molecule has 2 aliphatic rings. The Kier molecular flexibility index (Phi) is 2.74. The molecule has 3 rings (SSSR count). The van der Waals surface area contributed by atoms with Gasteiger partial charge in [0.15, 0.2) is 0 Å². The van der Waals surface area contributed by atoms with Gasteiger partial charge in [0.1, 0.15) is 11.6 Å². The number of likely N-dealkylation sites (N-methyl/N-ethyl adjacent to an activating group) is 1. The summed E-state index contributed by atoms with van der Waals surface area (Å²) in [4.78, 5) is 13.7. The van der Waals surface area contributed by atoms with Gasteiger partial charge in [-0.05, 0) is 39.3 Å². The summed E-state index contributed by atoms with van der Waals surface area (Å²) in [6.45, 7) is 4.20.